The van der Waals surface area contributed by atoms with Gasteiger partial charge in [0.25, 0.3) is 0 Å². The van der Waals surface area contributed by atoms with Gasteiger partial charge in [0.05, 0.1) is 5.75 Å². The van der Waals surface area contributed by atoms with Crippen LogP contribution in [0, 0.1) is 0 Å². The van der Waals surface area contributed by atoms with Crippen molar-refractivity contribution in [1.29, 1.82) is 0 Å². The number of rotatable bonds is 4. The maximum absolute atomic E-state index is 13.4. The third-order valence-corrected chi connectivity index (χ3v) is 6.94. The van der Waals surface area contributed by atoms with Crippen LogP contribution in [0.2, 0.25) is 0 Å². The Bertz CT molecular complexity index is 1030. The third-order valence-electron chi connectivity index (χ3n) is 5.89. The van der Waals surface area contributed by atoms with Crippen molar-refractivity contribution in [2.24, 2.45) is 7.05 Å². The van der Waals surface area contributed by atoms with E-state index in [2.05, 4.69) is 74.3 Å². The molecule has 0 unspecified atom stereocenters. The number of carbonyl (C=O) groups excluding carboxylic acids is 1. The van der Waals surface area contributed by atoms with Gasteiger partial charge in [-0.15, -0.1) is 0 Å². The summed E-state index contributed by atoms with van der Waals surface area (Å²) in [6.07, 6.45) is 4.52. The average molecular weight is 406 g/mol. The summed E-state index contributed by atoms with van der Waals surface area (Å²) in [6, 6.07) is 19.0. The van der Waals surface area contributed by atoms with Crippen LogP contribution in [-0.4, -0.2) is 26.8 Å². The highest BCUT2D eigenvalue weighted by atomic mass is 32.2. The van der Waals surface area contributed by atoms with E-state index in [1.165, 1.54) is 22.9 Å². The Kier molecular flexibility index (Phi) is 5.03. The number of benzene rings is 2. The van der Waals surface area contributed by atoms with E-state index in [0.29, 0.717) is 5.75 Å². The number of aromatic nitrogens is 2. The van der Waals surface area contributed by atoms with E-state index < -0.39 is 0 Å². The highest BCUT2D eigenvalue weighted by molar-refractivity contribution is 7.99. The van der Waals surface area contributed by atoms with Crippen molar-refractivity contribution >= 4 is 23.4 Å². The fraction of sp³-hybridized carbons (Fsp3) is 0.333. The molecule has 29 heavy (non-hydrogen) atoms. The minimum Gasteiger partial charge on any atom is -0.329 e. The molecule has 5 heteroatoms. The van der Waals surface area contributed by atoms with Crippen molar-refractivity contribution < 1.29 is 4.79 Å². The zero-order valence-electron chi connectivity index (χ0n) is 17.4. The van der Waals surface area contributed by atoms with E-state index in [0.717, 1.165) is 17.3 Å². The zero-order valence-corrected chi connectivity index (χ0v) is 18.2. The Labute approximate surface area is 177 Å². The summed E-state index contributed by atoms with van der Waals surface area (Å²) in [5.74, 6) is 0.482. The molecule has 0 spiro atoms. The molecule has 4 rings (SSSR count). The van der Waals surface area contributed by atoms with Crippen molar-refractivity contribution in [3.63, 3.8) is 0 Å². The molecule has 4 nitrogen and oxygen atoms in total. The number of hydrogen-bond acceptors (Lipinski definition) is 3. The van der Waals surface area contributed by atoms with Gasteiger partial charge in [-0.3, -0.25) is 4.79 Å². The van der Waals surface area contributed by atoms with Crippen LogP contribution in [0.4, 0.5) is 5.69 Å². The first-order valence-corrected chi connectivity index (χ1v) is 10.9. The predicted molar refractivity (Wildman–Crippen MR) is 119 cm³/mol. The van der Waals surface area contributed by atoms with E-state index in [1.54, 1.807) is 6.20 Å². The van der Waals surface area contributed by atoms with Gasteiger partial charge < -0.3 is 9.47 Å². The number of hydrogen-bond donors (Lipinski definition) is 0. The standard InChI is InChI=1S/C24H27N3OS/c1-23(2)17-24(3,18-10-6-5-7-11-18)19-12-8-9-13-20(19)27(23)21(28)16-29-22-25-14-15-26(22)4/h5-15H,16-17H2,1-4H3/t24-/m1/s1. The molecular weight excluding hydrogens is 378 g/mol. The first-order valence-electron chi connectivity index (χ1n) is 9.91. The van der Waals surface area contributed by atoms with Crippen LogP contribution in [0.25, 0.3) is 0 Å². The number of para-hydroxylation sites is 1. The first-order chi connectivity index (χ1) is 13.8. The Morgan fingerprint density at radius 3 is 2.45 bits per heavy atom. The summed E-state index contributed by atoms with van der Waals surface area (Å²) in [6.45, 7) is 6.65. The molecule has 0 saturated carbocycles. The van der Waals surface area contributed by atoms with Crippen LogP contribution in [-0.2, 0) is 17.3 Å². The SMILES string of the molecule is Cn1ccnc1SCC(=O)N1c2ccccc2[C@@](C)(c2ccccc2)CC1(C)C. The number of thioether (sulfide) groups is 1. The van der Waals surface area contributed by atoms with Crippen molar-refractivity contribution in [3.05, 3.63) is 78.1 Å². The molecule has 1 aliphatic heterocycles. The Morgan fingerprint density at radius 1 is 1.07 bits per heavy atom. The quantitative estimate of drug-likeness (QED) is 0.571. The van der Waals surface area contributed by atoms with Gasteiger partial charge in [0.15, 0.2) is 5.16 Å². The third kappa shape index (κ3) is 3.48. The summed E-state index contributed by atoms with van der Waals surface area (Å²) in [5.41, 5.74) is 3.06. The topological polar surface area (TPSA) is 38.1 Å². The van der Waals surface area contributed by atoms with Gasteiger partial charge in [-0.1, -0.05) is 67.2 Å². The minimum absolute atomic E-state index is 0.116. The molecule has 0 radical (unpaired) electrons. The van der Waals surface area contributed by atoms with Gasteiger partial charge in [0.2, 0.25) is 5.91 Å². The molecule has 0 fully saturated rings. The predicted octanol–water partition coefficient (Wildman–Crippen LogP) is 5.03. The Morgan fingerprint density at radius 2 is 1.76 bits per heavy atom. The lowest BCUT2D eigenvalue weighted by atomic mass is 9.65. The maximum Gasteiger partial charge on any atom is 0.237 e. The largest absolute Gasteiger partial charge is 0.329 e. The highest BCUT2D eigenvalue weighted by Crippen LogP contribution is 2.50. The first kappa shape index (κ1) is 19.8. The number of fused-ring (bicyclic) bond motifs is 1. The van der Waals surface area contributed by atoms with Gasteiger partial charge >= 0.3 is 0 Å². The van der Waals surface area contributed by atoms with Gasteiger partial charge in [-0.2, -0.15) is 0 Å². The number of nitrogens with zero attached hydrogens (tertiary/aromatic N) is 3. The fourth-order valence-corrected chi connectivity index (χ4v) is 5.50. The lowest BCUT2D eigenvalue weighted by Crippen LogP contribution is -2.56. The molecule has 1 aliphatic rings. The van der Waals surface area contributed by atoms with Crippen LogP contribution in [0.5, 0.6) is 0 Å². The Hall–Kier alpha value is -2.53. The normalized spacial score (nSPS) is 20.3. The molecule has 0 N–H and O–H groups in total. The molecule has 1 atom stereocenters. The molecule has 0 bridgehead atoms. The Balaban J connectivity index is 1.72. The summed E-state index contributed by atoms with van der Waals surface area (Å²) >= 11 is 1.49. The minimum atomic E-state index is -0.307. The van der Waals surface area contributed by atoms with Crippen LogP contribution in [0.15, 0.2) is 72.1 Å². The second kappa shape index (κ2) is 7.38. The van der Waals surface area contributed by atoms with Crippen LogP contribution >= 0.6 is 11.8 Å². The monoisotopic (exact) mass is 405 g/mol. The molecule has 2 heterocycles. The second-order valence-electron chi connectivity index (χ2n) is 8.54. The molecule has 1 amide bonds. The molecule has 0 saturated heterocycles. The molecule has 3 aromatic rings. The molecule has 150 valence electrons. The highest BCUT2D eigenvalue weighted by Gasteiger charge is 2.47. The summed E-state index contributed by atoms with van der Waals surface area (Å²) in [5, 5.41) is 0.857. The van der Waals surface area contributed by atoms with E-state index in [9.17, 15) is 4.79 Å². The molecular formula is C24H27N3OS. The van der Waals surface area contributed by atoms with E-state index >= 15 is 0 Å². The lowest BCUT2D eigenvalue weighted by Gasteiger charge is -2.51. The van der Waals surface area contributed by atoms with Crippen LogP contribution in [0.1, 0.15) is 38.3 Å². The van der Waals surface area contributed by atoms with Crippen molar-refractivity contribution in [2.45, 2.75) is 43.3 Å². The maximum atomic E-state index is 13.4. The van der Waals surface area contributed by atoms with Crippen molar-refractivity contribution in [1.82, 2.24) is 9.55 Å². The number of carbonyl (C=O) groups is 1. The molecule has 1 aromatic heterocycles. The van der Waals surface area contributed by atoms with Gasteiger partial charge in [-0.05, 0) is 37.5 Å². The van der Waals surface area contributed by atoms with E-state index in [4.69, 9.17) is 0 Å². The lowest BCUT2D eigenvalue weighted by molar-refractivity contribution is -0.117. The summed E-state index contributed by atoms with van der Waals surface area (Å²) < 4.78 is 1.94. The molecule has 2 aromatic carbocycles. The number of aryl methyl sites for hydroxylation is 1. The number of imidazole rings is 1. The van der Waals surface area contributed by atoms with Gasteiger partial charge in [-0.25, -0.2) is 4.98 Å². The van der Waals surface area contributed by atoms with Crippen molar-refractivity contribution in [2.75, 3.05) is 10.7 Å². The molecule has 0 aliphatic carbocycles. The fourth-order valence-electron chi connectivity index (χ4n) is 4.72. The smallest absolute Gasteiger partial charge is 0.237 e. The van der Waals surface area contributed by atoms with Gasteiger partial charge in [0, 0.05) is 36.1 Å². The number of amides is 1. The van der Waals surface area contributed by atoms with Crippen molar-refractivity contribution in [3.8, 4) is 0 Å². The summed E-state index contributed by atoms with van der Waals surface area (Å²) in [7, 11) is 1.95. The van der Waals surface area contributed by atoms with Crippen LogP contribution < -0.4 is 4.90 Å². The van der Waals surface area contributed by atoms with E-state index in [-0.39, 0.29) is 16.9 Å². The van der Waals surface area contributed by atoms with E-state index in [1.807, 2.05) is 28.8 Å². The second-order valence-corrected chi connectivity index (χ2v) is 9.49. The average Bonchev–Trinajstić information content (AvgIpc) is 3.11. The van der Waals surface area contributed by atoms with Crippen LogP contribution in [0.3, 0.4) is 0 Å². The number of anilines is 1. The zero-order chi connectivity index (χ0) is 20.6. The summed E-state index contributed by atoms with van der Waals surface area (Å²) in [4.78, 5) is 19.7. The van der Waals surface area contributed by atoms with Gasteiger partial charge in [0.1, 0.15) is 0 Å².